The summed E-state index contributed by atoms with van der Waals surface area (Å²) in [5, 5.41) is 7.48. The molecule has 3 saturated heterocycles. The first kappa shape index (κ1) is 35.9. The number of nitrogens with zero attached hydrogens (tertiary/aromatic N) is 6. The van der Waals surface area contributed by atoms with Crippen LogP contribution in [-0.4, -0.2) is 90.2 Å². The number of rotatable bonds is 10. The van der Waals surface area contributed by atoms with Gasteiger partial charge in [0.1, 0.15) is 23.7 Å². The molecule has 4 aliphatic rings. The lowest BCUT2D eigenvalue weighted by Gasteiger charge is -2.46. The van der Waals surface area contributed by atoms with E-state index in [4.69, 9.17) is 9.57 Å². The lowest BCUT2D eigenvalue weighted by atomic mass is 9.99. The Morgan fingerprint density at radius 3 is 2.50 bits per heavy atom. The number of piperazine rings is 1. The van der Waals surface area contributed by atoms with E-state index in [1.807, 2.05) is 6.07 Å². The van der Waals surface area contributed by atoms with Gasteiger partial charge in [0.2, 0.25) is 5.91 Å². The van der Waals surface area contributed by atoms with E-state index in [1.165, 1.54) is 42.4 Å². The van der Waals surface area contributed by atoms with Crippen LogP contribution in [0.5, 0.6) is 5.75 Å². The summed E-state index contributed by atoms with van der Waals surface area (Å²) >= 11 is 0. The number of ether oxygens (including phenoxy) is 1. The lowest BCUT2D eigenvalue weighted by molar-refractivity contribution is -0.140. The second-order valence-electron chi connectivity index (χ2n) is 13.9. The molecule has 2 N–H and O–H groups in total. The number of methoxy groups -OCH3 is 1. The number of carbonyl (C=O) groups excluding carboxylic acids is 1. The highest BCUT2D eigenvalue weighted by Gasteiger charge is 2.39. The molecule has 7 rings (SSSR count). The first-order valence-corrected chi connectivity index (χ1v) is 17.8. The molecule has 4 fully saturated rings. The molecule has 1 aromatic heterocycles. The molecule has 1 amide bonds. The second kappa shape index (κ2) is 14.9. The van der Waals surface area contributed by atoms with Crippen molar-refractivity contribution in [1.29, 1.82) is 0 Å². The van der Waals surface area contributed by atoms with Crippen LogP contribution in [0.4, 0.5) is 46.3 Å². The van der Waals surface area contributed by atoms with Crippen LogP contribution in [0.3, 0.4) is 0 Å². The Kier molecular flexibility index (Phi) is 10.3. The predicted octanol–water partition coefficient (Wildman–Crippen LogP) is 6.53. The van der Waals surface area contributed by atoms with Crippen molar-refractivity contribution < 1.29 is 31.9 Å². The van der Waals surface area contributed by atoms with E-state index in [0.29, 0.717) is 35.0 Å². The number of halogens is 4. The minimum Gasteiger partial charge on any atom is -0.494 e. The first-order valence-electron chi connectivity index (χ1n) is 17.8. The van der Waals surface area contributed by atoms with Crippen molar-refractivity contribution in [3.05, 3.63) is 72.3 Å². The number of amides is 1. The first-order chi connectivity index (χ1) is 25.0. The third-order valence-corrected chi connectivity index (χ3v) is 10.5. The van der Waals surface area contributed by atoms with E-state index < -0.39 is 23.6 Å². The minimum absolute atomic E-state index is 0.143. The fourth-order valence-corrected chi connectivity index (χ4v) is 7.81. The van der Waals surface area contributed by atoms with E-state index in [2.05, 4.69) is 48.8 Å². The lowest BCUT2D eigenvalue weighted by Crippen LogP contribution is -2.57. The Bertz CT molecular complexity index is 1780. The summed E-state index contributed by atoms with van der Waals surface area (Å²) in [6, 6.07) is 9.44. The topological polar surface area (TPSA) is 98.3 Å². The quantitative estimate of drug-likeness (QED) is 0.178. The SMILES string of the molecule is C=CC(=O)Nc1cc(Nc2cc(N3OCC[C@@H]3c3cccc(C(F)(F)F)c3F)ncn2)c(OC)cc1N1CCC(N2CCN(C3CC3)[C@H](C)C2)CC1. The Balaban J connectivity index is 1.09. The average molecular weight is 725 g/mol. The Morgan fingerprint density at radius 1 is 1.02 bits per heavy atom. The van der Waals surface area contributed by atoms with E-state index in [1.54, 1.807) is 19.2 Å². The fraction of sp³-hybridized carbons (Fsp3) is 0.486. The predicted molar refractivity (Wildman–Crippen MR) is 190 cm³/mol. The molecule has 4 heterocycles. The molecule has 2 aromatic carbocycles. The van der Waals surface area contributed by atoms with Gasteiger partial charge in [-0.1, -0.05) is 18.7 Å². The molecule has 0 bridgehead atoms. The summed E-state index contributed by atoms with van der Waals surface area (Å²) in [5.74, 6) is -0.669. The molecule has 278 valence electrons. The van der Waals surface area contributed by atoms with Gasteiger partial charge < -0.3 is 20.3 Å². The Labute approximate surface area is 300 Å². The van der Waals surface area contributed by atoms with Gasteiger partial charge in [-0.15, -0.1) is 0 Å². The van der Waals surface area contributed by atoms with Crippen LogP contribution in [0.1, 0.15) is 56.2 Å². The third kappa shape index (κ3) is 7.53. The van der Waals surface area contributed by atoms with Gasteiger partial charge in [-0.2, -0.15) is 13.2 Å². The maximum atomic E-state index is 15.1. The Morgan fingerprint density at radius 2 is 1.81 bits per heavy atom. The molecule has 15 heteroatoms. The molecular formula is C37H44F4N8O3. The molecule has 52 heavy (non-hydrogen) atoms. The molecule has 0 radical (unpaired) electrons. The number of benzene rings is 2. The Hall–Kier alpha value is -4.47. The van der Waals surface area contributed by atoms with Gasteiger partial charge in [0.15, 0.2) is 5.82 Å². The zero-order valence-corrected chi connectivity index (χ0v) is 29.3. The van der Waals surface area contributed by atoms with Gasteiger partial charge in [-0.05, 0) is 50.8 Å². The van der Waals surface area contributed by atoms with Gasteiger partial charge in [0, 0.05) is 75.0 Å². The van der Waals surface area contributed by atoms with Crippen molar-refractivity contribution in [2.75, 3.05) is 67.0 Å². The smallest absolute Gasteiger partial charge is 0.419 e. The average Bonchev–Trinajstić information content (AvgIpc) is 3.86. The number of nitrogens with one attached hydrogen (secondary N) is 2. The van der Waals surface area contributed by atoms with Crippen molar-refractivity contribution in [3.63, 3.8) is 0 Å². The van der Waals surface area contributed by atoms with Gasteiger partial charge in [0.05, 0.1) is 42.4 Å². The summed E-state index contributed by atoms with van der Waals surface area (Å²) in [4.78, 5) is 34.5. The van der Waals surface area contributed by atoms with Crippen LogP contribution in [0.15, 0.2) is 55.4 Å². The van der Waals surface area contributed by atoms with Crippen LogP contribution in [0.25, 0.3) is 0 Å². The van der Waals surface area contributed by atoms with Crippen molar-refractivity contribution in [3.8, 4) is 5.75 Å². The van der Waals surface area contributed by atoms with Crippen LogP contribution >= 0.6 is 0 Å². The molecule has 11 nitrogen and oxygen atoms in total. The number of hydroxylamine groups is 1. The maximum Gasteiger partial charge on any atom is 0.419 e. The summed E-state index contributed by atoms with van der Waals surface area (Å²) in [7, 11) is 1.55. The number of hydrogen-bond donors (Lipinski definition) is 2. The molecule has 0 unspecified atom stereocenters. The third-order valence-electron chi connectivity index (χ3n) is 10.5. The molecule has 1 aliphatic carbocycles. The van der Waals surface area contributed by atoms with Crippen molar-refractivity contribution in [2.24, 2.45) is 0 Å². The van der Waals surface area contributed by atoms with E-state index >= 15 is 4.39 Å². The molecule has 2 atom stereocenters. The summed E-state index contributed by atoms with van der Waals surface area (Å²) in [6.07, 6.45) is 2.56. The van der Waals surface area contributed by atoms with E-state index in [9.17, 15) is 18.0 Å². The van der Waals surface area contributed by atoms with Gasteiger partial charge in [0.25, 0.3) is 0 Å². The van der Waals surface area contributed by atoms with Crippen molar-refractivity contribution in [2.45, 2.75) is 69.4 Å². The number of hydrogen-bond acceptors (Lipinski definition) is 10. The summed E-state index contributed by atoms with van der Waals surface area (Å²) in [5.41, 5.74) is 0.404. The zero-order chi connectivity index (χ0) is 36.6. The largest absolute Gasteiger partial charge is 0.494 e. The highest BCUT2D eigenvalue weighted by Crippen LogP contribution is 2.42. The number of aromatic nitrogens is 2. The van der Waals surface area contributed by atoms with E-state index in [0.717, 1.165) is 63.4 Å². The van der Waals surface area contributed by atoms with Crippen molar-refractivity contribution >= 4 is 34.6 Å². The van der Waals surface area contributed by atoms with Gasteiger partial charge in [-0.3, -0.25) is 19.4 Å². The number of alkyl halides is 3. The standard InChI is InChI=1S/C37H44F4N8O3/c1-4-35(50)45-28-18-29(32(51-3)19-31(28)46-13-10-24(11-14-46)47-15-16-48(23(2)21-47)25-8-9-25)44-33-20-34(43-22-42-33)49-30(12-17-52-49)26-6-5-7-27(36(26)38)37(39,40)41/h4-7,18-20,22-25,30H,1,8-17,21H2,2-3H3,(H,45,50)(H,42,43,44)/t23-,30-/m1/s1. The number of piperidine rings is 1. The van der Waals surface area contributed by atoms with Gasteiger partial charge in [-0.25, -0.2) is 19.4 Å². The van der Waals surface area contributed by atoms with Crippen LogP contribution < -0.4 is 25.3 Å². The molecule has 1 saturated carbocycles. The van der Waals surface area contributed by atoms with Crippen LogP contribution in [0, 0.1) is 5.82 Å². The number of anilines is 5. The van der Waals surface area contributed by atoms with Crippen LogP contribution in [0.2, 0.25) is 0 Å². The molecule has 3 aromatic rings. The molecular weight excluding hydrogens is 680 g/mol. The van der Waals surface area contributed by atoms with E-state index in [-0.39, 0.29) is 30.3 Å². The van der Waals surface area contributed by atoms with Crippen LogP contribution in [-0.2, 0) is 15.8 Å². The second-order valence-corrected chi connectivity index (χ2v) is 13.9. The maximum absolute atomic E-state index is 15.1. The molecule has 0 spiro atoms. The zero-order valence-electron chi connectivity index (χ0n) is 29.3. The monoisotopic (exact) mass is 724 g/mol. The summed E-state index contributed by atoms with van der Waals surface area (Å²) in [6.45, 7) is 11.1. The normalized spacial score (nSPS) is 22.0. The number of carbonyl (C=O) groups is 1. The minimum atomic E-state index is -4.84. The summed E-state index contributed by atoms with van der Waals surface area (Å²) < 4.78 is 61.4. The van der Waals surface area contributed by atoms with Crippen molar-refractivity contribution in [1.82, 2.24) is 19.8 Å². The molecule has 3 aliphatic heterocycles. The highest BCUT2D eigenvalue weighted by molar-refractivity contribution is 6.02. The fourth-order valence-electron chi connectivity index (χ4n) is 7.81. The van der Waals surface area contributed by atoms with Gasteiger partial charge >= 0.3 is 6.18 Å². The highest BCUT2D eigenvalue weighted by atomic mass is 19.4.